The topological polar surface area (TPSA) is 69.0 Å². The average molecular weight is 214 g/mol. The number of benzene rings is 1. The molecule has 1 aromatic rings. The van der Waals surface area contributed by atoms with Crippen molar-refractivity contribution in [3.8, 4) is 5.75 Å². The molecule has 0 aromatic heterocycles. The summed E-state index contributed by atoms with van der Waals surface area (Å²) in [6.45, 7) is 0. The van der Waals surface area contributed by atoms with Crippen LogP contribution in [-0.2, 0) is 0 Å². The summed E-state index contributed by atoms with van der Waals surface area (Å²) in [4.78, 5) is 2.58. The first-order valence-corrected chi connectivity index (χ1v) is 3.57. The number of azide groups is 1. The molecule has 4 nitrogen and oxygen atoms in total. The Kier molecular flexibility index (Phi) is 2.36. The van der Waals surface area contributed by atoms with Crippen molar-refractivity contribution in [3.05, 3.63) is 33.1 Å². The Hall–Kier alpha value is -1.19. The maximum atomic E-state index is 9.10. The number of hydrogen-bond donors (Lipinski definition) is 1. The number of aromatic hydroxyl groups is 1. The van der Waals surface area contributed by atoms with Gasteiger partial charge in [0.15, 0.2) is 0 Å². The van der Waals surface area contributed by atoms with Gasteiger partial charge in [0, 0.05) is 10.6 Å². The number of halogens is 1. The van der Waals surface area contributed by atoms with Crippen molar-refractivity contribution >= 4 is 21.6 Å². The Morgan fingerprint density at radius 1 is 1.55 bits per heavy atom. The number of hydrogen-bond acceptors (Lipinski definition) is 2. The van der Waals surface area contributed by atoms with Crippen LogP contribution in [0.5, 0.6) is 5.75 Å². The first kappa shape index (κ1) is 7.91. The van der Waals surface area contributed by atoms with Crippen molar-refractivity contribution in [2.45, 2.75) is 0 Å². The lowest BCUT2D eigenvalue weighted by molar-refractivity contribution is 0.472. The van der Waals surface area contributed by atoms with Gasteiger partial charge in [0.25, 0.3) is 0 Å². The molecule has 0 heterocycles. The summed E-state index contributed by atoms with van der Waals surface area (Å²) < 4.78 is 0.578. The van der Waals surface area contributed by atoms with Gasteiger partial charge in [-0.25, -0.2) is 0 Å². The van der Waals surface area contributed by atoms with Crippen LogP contribution in [0.1, 0.15) is 0 Å². The maximum absolute atomic E-state index is 9.10. The summed E-state index contributed by atoms with van der Waals surface area (Å²) in [5.41, 5.74) is 8.44. The van der Waals surface area contributed by atoms with Crippen LogP contribution in [-0.4, -0.2) is 5.11 Å². The third kappa shape index (κ3) is 1.86. The van der Waals surface area contributed by atoms with E-state index in [-0.39, 0.29) is 5.75 Å². The number of nitrogens with zero attached hydrogens (tertiary/aromatic N) is 3. The highest BCUT2D eigenvalue weighted by Crippen LogP contribution is 2.27. The monoisotopic (exact) mass is 213 g/mol. The molecular weight excluding hydrogens is 210 g/mol. The van der Waals surface area contributed by atoms with Gasteiger partial charge in [0.1, 0.15) is 5.75 Å². The molecule has 0 aliphatic rings. The predicted octanol–water partition coefficient (Wildman–Crippen LogP) is 3.10. The van der Waals surface area contributed by atoms with Gasteiger partial charge >= 0.3 is 0 Å². The molecule has 0 saturated heterocycles. The minimum Gasteiger partial charge on any atom is -0.507 e. The molecule has 0 bridgehead atoms. The van der Waals surface area contributed by atoms with Gasteiger partial charge in [-0.15, -0.1) is 0 Å². The Morgan fingerprint density at radius 2 is 2.27 bits per heavy atom. The van der Waals surface area contributed by atoms with Crippen molar-refractivity contribution < 1.29 is 5.11 Å². The van der Waals surface area contributed by atoms with Crippen LogP contribution in [0.15, 0.2) is 27.8 Å². The number of rotatable bonds is 1. The molecule has 0 aliphatic heterocycles. The molecule has 0 radical (unpaired) electrons. The highest BCUT2D eigenvalue weighted by molar-refractivity contribution is 9.10. The van der Waals surface area contributed by atoms with E-state index >= 15 is 0 Å². The van der Waals surface area contributed by atoms with Crippen LogP contribution in [0.2, 0.25) is 0 Å². The Bertz CT molecular complexity index is 320. The lowest BCUT2D eigenvalue weighted by atomic mass is 10.3. The summed E-state index contributed by atoms with van der Waals surface area (Å²) in [6, 6.07) is 4.59. The molecule has 0 atom stereocenters. The Labute approximate surface area is 71.2 Å². The molecule has 0 aliphatic carbocycles. The van der Waals surface area contributed by atoms with Gasteiger partial charge in [-0.2, -0.15) is 0 Å². The minimum atomic E-state index is 0.0647. The standard InChI is InChI=1S/C6H4BrN3O/c7-5-2-1-4(9-10-8)3-6(5)11/h1-3,11H. The van der Waals surface area contributed by atoms with E-state index < -0.39 is 0 Å². The molecule has 5 heteroatoms. The molecule has 1 aromatic carbocycles. The van der Waals surface area contributed by atoms with Gasteiger partial charge in [0.2, 0.25) is 0 Å². The zero-order valence-electron chi connectivity index (χ0n) is 5.40. The molecule has 11 heavy (non-hydrogen) atoms. The van der Waals surface area contributed by atoms with E-state index in [0.29, 0.717) is 10.2 Å². The fraction of sp³-hybridized carbons (Fsp3) is 0. The highest BCUT2D eigenvalue weighted by atomic mass is 79.9. The van der Waals surface area contributed by atoms with Crippen LogP contribution in [0.25, 0.3) is 10.4 Å². The van der Waals surface area contributed by atoms with Crippen LogP contribution < -0.4 is 0 Å². The smallest absolute Gasteiger partial charge is 0.130 e. The summed E-state index contributed by atoms with van der Waals surface area (Å²) in [5, 5.41) is 12.4. The highest BCUT2D eigenvalue weighted by Gasteiger charge is 1.96. The number of phenols is 1. The molecular formula is C6H4BrN3O. The van der Waals surface area contributed by atoms with E-state index in [4.69, 9.17) is 10.6 Å². The Balaban J connectivity index is 3.14. The first-order valence-electron chi connectivity index (χ1n) is 2.77. The van der Waals surface area contributed by atoms with Crippen molar-refractivity contribution in [2.75, 3.05) is 0 Å². The third-order valence-corrected chi connectivity index (χ3v) is 1.76. The third-order valence-electron chi connectivity index (χ3n) is 1.09. The fourth-order valence-electron chi connectivity index (χ4n) is 0.615. The van der Waals surface area contributed by atoms with Gasteiger partial charge in [0.05, 0.1) is 4.47 Å². The molecule has 1 rings (SSSR count). The van der Waals surface area contributed by atoms with E-state index in [1.807, 2.05) is 0 Å². The van der Waals surface area contributed by atoms with E-state index in [9.17, 15) is 0 Å². The van der Waals surface area contributed by atoms with Crippen molar-refractivity contribution in [1.29, 1.82) is 0 Å². The Morgan fingerprint density at radius 3 is 2.82 bits per heavy atom. The lowest BCUT2D eigenvalue weighted by Gasteiger charge is -1.95. The second-order valence-corrected chi connectivity index (χ2v) is 2.68. The van der Waals surface area contributed by atoms with Crippen LogP contribution in [0.3, 0.4) is 0 Å². The van der Waals surface area contributed by atoms with Gasteiger partial charge in [-0.3, -0.25) is 0 Å². The van der Waals surface area contributed by atoms with Gasteiger partial charge in [-0.05, 0) is 33.6 Å². The second-order valence-electron chi connectivity index (χ2n) is 1.83. The lowest BCUT2D eigenvalue weighted by Crippen LogP contribution is -1.66. The van der Waals surface area contributed by atoms with Crippen molar-refractivity contribution in [3.63, 3.8) is 0 Å². The summed E-state index contributed by atoms with van der Waals surface area (Å²) in [6.07, 6.45) is 0. The molecule has 0 unspecified atom stereocenters. The first-order chi connectivity index (χ1) is 5.24. The molecule has 1 N–H and O–H groups in total. The minimum absolute atomic E-state index is 0.0647. The van der Waals surface area contributed by atoms with Crippen LogP contribution in [0, 0.1) is 0 Å². The second kappa shape index (κ2) is 3.27. The zero-order valence-corrected chi connectivity index (χ0v) is 6.98. The quantitative estimate of drug-likeness (QED) is 0.435. The number of phenolic OH excluding ortho intramolecular Hbond substituents is 1. The predicted molar refractivity (Wildman–Crippen MR) is 44.6 cm³/mol. The SMILES string of the molecule is [N-]=[N+]=Nc1ccc(Br)c(O)c1. The summed E-state index contributed by atoms with van der Waals surface area (Å²) >= 11 is 3.10. The maximum Gasteiger partial charge on any atom is 0.130 e. The van der Waals surface area contributed by atoms with E-state index in [2.05, 4.69) is 26.0 Å². The van der Waals surface area contributed by atoms with E-state index in [1.54, 1.807) is 12.1 Å². The van der Waals surface area contributed by atoms with Crippen LogP contribution >= 0.6 is 15.9 Å². The van der Waals surface area contributed by atoms with E-state index in [0.717, 1.165) is 0 Å². The normalized spacial score (nSPS) is 8.82. The fourth-order valence-corrected chi connectivity index (χ4v) is 0.862. The zero-order chi connectivity index (χ0) is 8.27. The van der Waals surface area contributed by atoms with Crippen molar-refractivity contribution in [2.24, 2.45) is 5.11 Å². The summed E-state index contributed by atoms with van der Waals surface area (Å²) in [5.74, 6) is 0.0647. The van der Waals surface area contributed by atoms with Crippen molar-refractivity contribution in [1.82, 2.24) is 0 Å². The molecule has 0 amide bonds. The van der Waals surface area contributed by atoms with Gasteiger partial charge < -0.3 is 5.11 Å². The molecule has 0 saturated carbocycles. The van der Waals surface area contributed by atoms with Crippen LogP contribution in [0.4, 0.5) is 5.69 Å². The molecule has 0 spiro atoms. The molecule has 0 fully saturated rings. The average Bonchev–Trinajstić information content (AvgIpc) is 1.98. The largest absolute Gasteiger partial charge is 0.507 e. The molecule has 56 valence electrons. The van der Waals surface area contributed by atoms with Gasteiger partial charge in [-0.1, -0.05) is 11.2 Å². The van der Waals surface area contributed by atoms with E-state index in [1.165, 1.54) is 6.07 Å². The summed E-state index contributed by atoms with van der Waals surface area (Å²) in [7, 11) is 0.